The van der Waals surface area contributed by atoms with Crippen molar-refractivity contribution in [1.29, 1.82) is 5.26 Å². The zero-order chi connectivity index (χ0) is 13.3. The number of hydrogen-bond donors (Lipinski definition) is 0. The SMILES string of the molecule is CC(F)(F)c1cc(C(F)(F)F)nc(CC#N)n1. The first-order chi connectivity index (χ1) is 7.64. The molecule has 3 nitrogen and oxygen atoms in total. The summed E-state index contributed by atoms with van der Waals surface area (Å²) in [5, 5.41) is 8.31. The minimum atomic E-state index is -4.85. The molecule has 0 aliphatic carbocycles. The molecule has 0 amide bonds. The Balaban J connectivity index is 3.35. The molecule has 0 fully saturated rings. The lowest BCUT2D eigenvalue weighted by molar-refractivity contribution is -0.141. The Kier molecular flexibility index (Phi) is 3.31. The van der Waals surface area contributed by atoms with E-state index < -0.39 is 35.7 Å². The molecule has 0 aliphatic rings. The summed E-state index contributed by atoms with van der Waals surface area (Å²) in [6, 6.07) is 1.69. The third-order valence-corrected chi connectivity index (χ3v) is 1.75. The molecule has 0 spiro atoms. The van der Waals surface area contributed by atoms with Gasteiger partial charge in [0.2, 0.25) is 0 Å². The van der Waals surface area contributed by atoms with Crippen LogP contribution in [0.1, 0.15) is 24.1 Å². The maximum Gasteiger partial charge on any atom is 0.433 e. The molecule has 92 valence electrons. The monoisotopic (exact) mass is 251 g/mol. The second kappa shape index (κ2) is 4.24. The Morgan fingerprint density at radius 2 is 1.71 bits per heavy atom. The van der Waals surface area contributed by atoms with Crippen molar-refractivity contribution in [2.45, 2.75) is 25.4 Å². The van der Waals surface area contributed by atoms with E-state index in [2.05, 4.69) is 9.97 Å². The molecular weight excluding hydrogens is 245 g/mol. The molecule has 0 aliphatic heterocycles. The molecular formula is C9H6F5N3. The first kappa shape index (κ1) is 13.3. The fourth-order valence-corrected chi connectivity index (χ4v) is 1.02. The maximum atomic E-state index is 12.9. The molecule has 0 saturated carbocycles. The summed E-state index contributed by atoms with van der Waals surface area (Å²) in [7, 11) is 0. The largest absolute Gasteiger partial charge is 0.433 e. The van der Waals surface area contributed by atoms with Gasteiger partial charge in [-0.1, -0.05) is 0 Å². The van der Waals surface area contributed by atoms with Crippen molar-refractivity contribution < 1.29 is 22.0 Å². The smallest absolute Gasteiger partial charge is 0.230 e. The Bertz CT molecular complexity index is 423. The molecule has 8 heteroatoms. The van der Waals surface area contributed by atoms with Crippen LogP contribution in [0.3, 0.4) is 0 Å². The summed E-state index contributed by atoms with van der Waals surface area (Å²) < 4.78 is 62.9. The molecule has 17 heavy (non-hydrogen) atoms. The van der Waals surface area contributed by atoms with Crippen LogP contribution in [-0.4, -0.2) is 9.97 Å². The first-order valence-corrected chi connectivity index (χ1v) is 4.35. The van der Waals surface area contributed by atoms with E-state index in [0.29, 0.717) is 6.92 Å². The molecule has 0 aromatic carbocycles. The minimum absolute atomic E-state index is 0.181. The average Bonchev–Trinajstić information content (AvgIpc) is 2.15. The normalized spacial score (nSPS) is 12.3. The van der Waals surface area contributed by atoms with E-state index in [0.717, 1.165) is 0 Å². The van der Waals surface area contributed by atoms with Crippen molar-refractivity contribution in [3.63, 3.8) is 0 Å². The fraction of sp³-hybridized carbons (Fsp3) is 0.444. The van der Waals surface area contributed by atoms with Crippen molar-refractivity contribution >= 4 is 0 Å². The molecule has 1 aromatic rings. The van der Waals surface area contributed by atoms with Gasteiger partial charge in [0.15, 0.2) is 0 Å². The van der Waals surface area contributed by atoms with Crippen molar-refractivity contribution in [2.24, 2.45) is 0 Å². The topological polar surface area (TPSA) is 49.6 Å². The van der Waals surface area contributed by atoms with E-state index in [9.17, 15) is 22.0 Å². The third-order valence-electron chi connectivity index (χ3n) is 1.75. The van der Waals surface area contributed by atoms with Gasteiger partial charge < -0.3 is 0 Å². The van der Waals surface area contributed by atoms with Crippen LogP contribution >= 0.6 is 0 Å². The number of rotatable bonds is 2. The van der Waals surface area contributed by atoms with Gasteiger partial charge in [-0.25, -0.2) is 9.97 Å². The molecule has 0 bridgehead atoms. The van der Waals surface area contributed by atoms with Crippen LogP contribution in [-0.2, 0) is 18.5 Å². The van der Waals surface area contributed by atoms with Gasteiger partial charge in [0, 0.05) is 6.92 Å². The van der Waals surface area contributed by atoms with Crippen molar-refractivity contribution in [3.05, 3.63) is 23.3 Å². The van der Waals surface area contributed by atoms with Crippen molar-refractivity contribution in [1.82, 2.24) is 9.97 Å². The maximum absolute atomic E-state index is 12.9. The van der Waals surface area contributed by atoms with Crippen LogP contribution in [0.25, 0.3) is 0 Å². The molecule has 1 aromatic heterocycles. The second-order valence-electron chi connectivity index (χ2n) is 3.28. The van der Waals surface area contributed by atoms with E-state index >= 15 is 0 Å². The lowest BCUT2D eigenvalue weighted by Crippen LogP contribution is -2.17. The molecule has 1 rings (SSSR count). The molecule has 1 heterocycles. The van der Waals surface area contributed by atoms with Crippen LogP contribution in [0, 0.1) is 11.3 Å². The lowest BCUT2D eigenvalue weighted by atomic mass is 10.2. The van der Waals surface area contributed by atoms with Gasteiger partial charge in [-0.3, -0.25) is 0 Å². The number of hydrogen-bond acceptors (Lipinski definition) is 3. The van der Waals surface area contributed by atoms with E-state index in [1.165, 1.54) is 6.07 Å². The number of aromatic nitrogens is 2. The predicted octanol–water partition coefficient (Wildman–Crippen LogP) is 2.67. The molecule has 0 saturated heterocycles. The van der Waals surface area contributed by atoms with Crippen LogP contribution in [0.5, 0.6) is 0 Å². The number of nitriles is 1. The van der Waals surface area contributed by atoms with E-state index in [1.807, 2.05) is 0 Å². The van der Waals surface area contributed by atoms with E-state index in [-0.39, 0.29) is 6.07 Å². The highest BCUT2D eigenvalue weighted by molar-refractivity contribution is 5.18. The van der Waals surface area contributed by atoms with Crippen LogP contribution in [0.4, 0.5) is 22.0 Å². The van der Waals surface area contributed by atoms with Gasteiger partial charge in [0.1, 0.15) is 17.2 Å². The van der Waals surface area contributed by atoms with E-state index in [4.69, 9.17) is 5.26 Å². The molecule has 0 unspecified atom stereocenters. The summed E-state index contributed by atoms with van der Waals surface area (Å²) in [6.45, 7) is 0.422. The Hall–Kier alpha value is -1.78. The van der Waals surface area contributed by atoms with Crippen LogP contribution < -0.4 is 0 Å². The van der Waals surface area contributed by atoms with Crippen LogP contribution in [0.2, 0.25) is 0 Å². The number of alkyl halides is 5. The van der Waals surface area contributed by atoms with Gasteiger partial charge >= 0.3 is 6.18 Å². The molecule has 0 radical (unpaired) electrons. The summed E-state index contributed by atoms with van der Waals surface area (Å²) in [5.74, 6) is -4.09. The predicted molar refractivity (Wildman–Crippen MR) is 45.9 cm³/mol. The van der Waals surface area contributed by atoms with Gasteiger partial charge in [-0.15, -0.1) is 0 Å². The number of nitrogens with zero attached hydrogens (tertiary/aromatic N) is 3. The highest BCUT2D eigenvalue weighted by Gasteiger charge is 2.36. The summed E-state index contributed by atoms with van der Waals surface area (Å²) in [5.41, 5.74) is -2.53. The summed E-state index contributed by atoms with van der Waals surface area (Å²) in [4.78, 5) is 6.24. The number of halogens is 5. The van der Waals surface area contributed by atoms with Gasteiger partial charge in [-0.05, 0) is 6.07 Å². The molecule has 0 atom stereocenters. The Morgan fingerprint density at radius 3 is 2.12 bits per heavy atom. The molecule has 0 N–H and O–H groups in total. The third kappa shape index (κ3) is 3.34. The zero-order valence-corrected chi connectivity index (χ0v) is 8.52. The Labute approximate surface area is 92.9 Å². The highest BCUT2D eigenvalue weighted by Crippen LogP contribution is 2.32. The standard InChI is InChI=1S/C9H6F5N3/c1-8(10,11)5-4-6(9(12,13)14)17-7(16-5)2-3-15/h4H,2H2,1H3. The Morgan fingerprint density at radius 1 is 1.18 bits per heavy atom. The van der Waals surface area contributed by atoms with Gasteiger partial charge in [0.25, 0.3) is 5.92 Å². The van der Waals surface area contributed by atoms with Gasteiger partial charge in [0.05, 0.1) is 12.5 Å². The second-order valence-corrected chi connectivity index (χ2v) is 3.28. The van der Waals surface area contributed by atoms with E-state index in [1.54, 1.807) is 0 Å². The summed E-state index contributed by atoms with van der Waals surface area (Å²) in [6.07, 6.45) is -5.42. The minimum Gasteiger partial charge on any atom is -0.230 e. The van der Waals surface area contributed by atoms with Crippen LogP contribution in [0.15, 0.2) is 6.07 Å². The first-order valence-electron chi connectivity index (χ1n) is 4.35. The average molecular weight is 251 g/mol. The quantitative estimate of drug-likeness (QED) is 0.759. The highest BCUT2D eigenvalue weighted by atomic mass is 19.4. The lowest BCUT2D eigenvalue weighted by Gasteiger charge is -2.13. The fourth-order valence-electron chi connectivity index (χ4n) is 1.02. The van der Waals surface area contributed by atoms with Crippen molar-refractivity contribution in [2.75, 3.05) is 0 Å². The van der Waals surface area contributed by atoms with Crippen molar-refractivity contribution in [3.8, 4) is 6.07 Å². The van der Waals surface area contributed by atoms with Gasteiger partial charge in [-0.2, -0.15) is 27.2 Å². The summed E-state index contributed by atoms with van der Waals surface area (Å²) >= 11 is 0. The zero-order valence-electron chi connectivity index (χ0n) is 8.52.